The molecule has 20 heavy (non-hydrogen) atoms. The summed E-state index contributed by atoms with van der Waals surface area (Å²) in [5.74, 6) is 2.12. The first-order chi connectivity index (χ1) is 9.60. The zero-order valence-corrected chi connectivity index (χ0v) is 15.8. The molecule has 0 aliphatic carbocycles. The second kappa shape index (κ2) is 10.3. The van der Waals surface area contributed by atoms with Gasteiger partial charge in [0.05, 0.1) is 6.61 Å². The van der Waals surface area contributed by atoms with Crippen LogP contribution in [0.15, 0.2) is 30.3 Å². The van der Waals surface area contributed by atoms with Gasteiger partial charge in [-0.15, -0.1) is 0 Å². The summed E-state index contributed by atoms with van der Waals surface area (Å²) in [6, 6.07) is 10.6. The number of hydrogen-bond acceptors (Lipinski definition) is 3. The molecule has 1 aromatic carbocycles. The Morgan fingerprint density at radius 1 is 1.15 bits per heavy atom. The standard InChI is InChI=1S/C15H25OPS3/c1-3-5-12-16-17(18,19)20(13-6-4-2)14-15-10-8-7-9-11-15/h7-11H,3-6,12-14H2,1-2H3. The quantitative estimate of drug-likeness (QED) is 0.249. The summed E-state index contributed by atoms with van der Waals surface area (Å²) >= 11 is 11.4. The first-order valence-electron chi connectivity index (χ1n) is 7.27. The van der Waals surface area contributed by atoms with E-state index in [4.69, 9.17) is 28.6 Å². The average Bonchev–Trinajstić information content (AvgIpc) is 2.44. The van der Waals surface area contributed by atoms with E-state index >= 15 is 0 Å². The number of hydrogen-bond donors (Lipinski definition) is 0. The first kappa shape index (κ1) is 18.6. The van der Waals surface area contributed by atoms with E-state index in [1.165, 1.54) is 18.4 Å². The van der Waals surface area contributed by atoms with Crippen molar-refractivity contribution < 1.29 is 4.52 Å². The highest BCUT2D eigenvalue weighted by Gasteiger charge is 2.27. The molecule has 0 saturated carbocycles. The minimum absolute atomic E-state index is 0.0294. The molecule has 0 N–H and O–H groups in total. The topological polar surface area (TPSA) is 9.23 Å². The molecular weight excluding hydrogens is 323 g/mol. The van der Waals surface area contributed by atoms with E-state index < -0.39 is 4.67 Å². The molecule has 0 saturated heterocycles. The SMILES string of the molecule is CCCCOP(=S)([S-])[S+](CCCC)Cc1ccccc1. The molecule has 0 aliphatic rings. The average molecular weight is 349 g/mol. The lowest BCUT2D eigenvalue weighted by Gasteiger charge is -2.28. The fourth-order valence-corrected chi connectivity index (χ4v) is 9.35. The smallest absolute Gasteiger partial charge is 0.136 e. The lowest BCUT2D eigenvalue weighted by molar-refractivity contribution is 0.354. The van der Waals surface area contributed by atoms with Gasteiger partial charge in [-0.05, 0) is 24.6 Å². The summed E-state index contributed by atoms with van der Waals surface area (Å²) in [6.07, 6.45) is 4.58. The molecule has 0 aromatic heterocycles. The van der Waals surface area contributed by atoms with Crippen LogP contribution in [0.2, 0.25) is 0 Å². The maximum Gasteiger partial charge on any atom is 0.136 e. The van der Waals surface area contributed by atoms with Crippen LogP contribution in [0.5, 0.6) is 0 Å². The molecule has 1 rings (SSSR count). The maximum absolute atomic E-state index is 5.95. The van der Waals surface area contributed by atoms with Crippen LogP contribution in [0.1, 0.15) is 45.1 Å². The van der Waals surface area contributed by atoms with Crippen molar-refractivity contribution in [2.24, 2.45) is 0 Å². The van der Waals surface area contributed by atoms with E-state index in [-0.39, 0.29) is 10.5 Å². The minimum Gasteiger partial charge on any atom is -0.664 e. The van der Waals surface area contributed by atoms with Gasteiger partial charge in [-0.3, -0.25) is 0 Å². The van der Waals surface area contributed by atoms with Crippen LogP contribution in [0.4, 0.5) is 0 Å². The Labute approximate surface area is 137 Å². The summed E-state index contributed by atoms with van der Waals surface area (Å²) in [5, 5.41) is 0. The Morgan fingerprint density at radius 2 is 1.80 bits per heavy atom. The summed E-state index contributed by atoms with van der Waals surface area (Å²) in [6.45, 7) is 5.12. The van der Waals surface area contributed by atoms with Crippen LogP contribution in [0.25, 0.3) is 0 Å². The van der Waals surface area contributed by atoms with Gasteiger partial charge in [0.2, 0.25) is 0 Å². The highest BCUT2D eigenvalue weighted by atomic mass is 33.2. The molecule has 0 aliphatic heterocycles. The van der Waals surface area contributed by atoms with Crippen molar-refractivity contribution in [2.75, 3.05) is 12.4 Å². The van der Waals surface area contributed by atoms with Crippen LogP contribution in [-0.4, -0.2) is 12.4 Å². The van der Waals surface area contributed by atoms with Gasteiger partial charge in [-0.1, -0.05) is 57.0 Å². The molecular formula is C15H25OPS3. The predicted octanol–water partition coefficient (Wildman–Crippen LogP) is 5.19. The highest BCUT2D eigenvalue weighted by molar-refractivity contribution is 8.88. The van der Waals surface area contributed by atoms with Crippen molar-refractivity contribution >= 4 is 39.2 Å². The molecule has 5 heteroatoms. The van der Waals surface area contributed by atoms with Gasteiger partial charge >= 0.3 is 0 Å². The van der Waals surface area contributed by atoms with E-state index in [0.717, 1.165) is 31.0 Å². The van der Waals surface area contributed by atoms with Gasteiger partial charge in [0, 0.05) is 16.1 Å². The van der Waals surface area contributed by atoms with Gasteiger partial charge in [-0.25, -0.2) is 0 Å². The van der Waals surface area contributed by atoms with Gasteiger partial charge in [0.1, 0.15) is 16.2 Å². The fraction of sp³-hybridized carbons (Fsp3) is 0.600. The Morgan fingerprint density at radius 3 is 2.40 bits per heavy atom. The van der Waals surface area contributed by atoms with Crippen LogP contribution < -0.4 is 0 Å². The Bertz CT molecular complexity index is 411. The fourth-order valence-electron chi connectivity index (χ4n) is 1.74. The van der Waals surface area contributed by atoms with Gasteiger partial charge in [0.15, 0.2) is 0 Å². The zero-order chi connectivity index (χ0) is 14.8. The Balaban J connectivity index is 2.69. The van der Waals surface area contributed by atoms with Crippen molar-refractivity contribution in [3.05, 3.63) is 35.9 Å². The summed E-state index contributed by atoms with van der Waals surface area (Å²) in [5.41, 5.74) is 1.34. The zero-order valence-electron chi connectivity index (χ0n) is 12.4. The Kier molecular flexibility index (Phi) is 9.56. The van der Waals surface area contributed by atoms with E-state index in [1.54, 1.807) is 0 Å². The second-order valence-electron chi connectivity index (χ2n) is 4.78. The molecule has 0 fully saturated rings. The van der Waals surface area contributed by atoms with Gasteiger partial charge in [-0.2, -0.15) is 0 Å². The molecule has 1 aromatic rings. The third kappa shape index (κ3) is 7.00. The van der Waals surface area contributed by atoms with Crippen molar-refractivity contribution in [2.45, 2.75) is 45.3 Å². The normalized spacial score (nSPS) is 15.8. The predicted molar refractivity (Wildman–Crippen MR) is 99.8 cm³/mol. The largest absolute Gasteiger partial charge is 0.664 e. The molecule has 0 amide bonds. The van der Waals surface area contributed by atoms with E-state index in [9.17, 15) is 0 Å². The molecule has 2 unspecified atom stereocenters. The summed E-state index contributed by atoms with van der Waals surface area (Å²) in [7, 11) is 0.0294. The van der Waals surface area contributed by atoms with E-state index in [1.807, 2.05) is 0 Å². The van der Waals surface area contributed by atoms with Crippen LogP contribution in [-0.2, 0) is 44.8 Å². The molecule has 114 valence electrons. The van der Waals surface area contributed by atoms with Gasteiger partial charge < -0.3 is 16.8 Å². The third-order valence-corrected chi connectivity index (χ3v) is 13.1. The number of unbranched alkanes of at least 4 members (excludes halogenated alkanes) is 2. The van der Waals surface area contributed by atoms with E-state index in [0.29, 0.717) is 0 Å². The monoisotopic (exact) mass is 348 g/mol. The van der Waals surface area contributed by atoms with Crippen molar-refractivity contribution in [1.29, 1.82) is 0 Å². The van der Waals surface area contributed by atoms with Crippen molar-refractivity contribution in [3.8, 4) is 0 Å². The number of rotatable bonds is 10. The third-order valence-electron chi connectivity index (χ3n) is 2.97. The maximum atomic E-state index is 5.95. The second-order valence-corrected chi connectivity index (χ2v) is 15.8. The summed E-state index contributed by atoms with van der Waals surface area (Å²) in [4.78, 5) is 0. The highest BCUT2D eigenvalue weighted by Crippen LogP contribution is 2.55. The van der Waals surface area contributed by atoms with Crippen molar-refractivity contribution in [3.63, 3.8) is 0 Å². The number of benzene rings is 1. The Hall–Kier alpha value is 0.530. The molecule has 0 radical (unpaired) electrons. The van der Waals surface area contributed by atoms with E-state index in [2.05, 4.69) is 44.2 Å². The van der Waals surface area contributed by atoms with Gasteiger partial charge in [0.25, 0.3) is 0 Å². The van der Waals surface area contributed by atoms with Crippen molar-refractivity contribution in [1.82, 2.24) is 0 Å². The first-order valence-corrected chi connectivity index (χ1v) is 13.2. The molecule has 0 spiro atoms. The van der Waals surface area contributed by atoms with Crippen LogP contribution >= 0.6 is 4.67 Å². The van der Waals surface area contributed by atoms with Crippen LogP contribution in [0.3, 0.4) is 0 Å². The molecule has 1 nitrogen and oxygen atoms in total. The lowest BCUT2D eigenvalue weighted by atomic mass is 10.2. The summed E-state index contributed by atoms with van der Waals surface area (Å²) < 4.78 is 3.87. The van der Waals surface area contributed by atoms with Crippen LogP contribution in [0, 0.1) is 0 Å². The lowest BCUT2D eigenvalue weighted by Crippen LogP contribution is -2.12. The molecule has 2 atom stereocenters. The molecule has 0 heterocycles. The minimum atomic E-state index is -2.08. The molecule has 0 bridgehead atoms.